The van der Waals surface area contributed by atoms with Gasteiger partial charge in [-0.2, -0.15) is 0 Å². The second kappa shape index (κ2) is 14.2. The van der Waals surface area contributed by atoms with E-state index in [-0.39, 0.29) is 24.7 Å². The van der Waals surface area contributed by atoms with Gasteiger partial charge < -0.3 is 14.6 Å². The quantitative estimate of drug-likeness (QED) is 0.227. The topological polar surface area (TPSA) is 72.8 Å². The standard InChI is InChI=1S/C30H50O5/c1-7-8-23-11-15-26(16-12-23)27-17-13-24(14-18-27)9-10-25(19-34-28(31)21(2)3)20-35-29(32)22(4)30(5,6)33/h23-27,33H,2,4,7-20H2,1,3,5-6H3. The van der Waals surface area contributed by atoms with Crippen LogP contribution in [0.3, 0.4) is 0 Å². The molecule has 0 radical (unpaired) electrons. The monoisotopic (exact) mass is 490 g/mol. The van der Waals surface area contributed by atoms with Gasteiger partial charge in [0.25, 0.3) is 0 Å². The second-order valence-electron chi connectivity index (χ2n) is 11.8. The van der Waals surface area contributed by atoms with Gasteiger partial charge in [0.05, 0.1) is 24.4 Å². The van der Waals surface area contributed by atoms with Crippen LogP contribution in [0.4, 0.5) is 0 Å². The number of hydrogen-bond acceptors (Lipinski definition) is 5. The molecule has 0 amide bonds. The van der Waals surface area contributed by atoms with Crippen LogP contribution in [0.5, 0.6) is 0 Å². The van der Waals surface area contributed by atoms with Crippen LogP contribution in [-0.4, -0.2) is 35.9 Å². The molecule has 0 saturated heterocycles. The highest BCUT2D eigenvalue weighted by Gasteiger charge is 2.31. The molecule has 2 rings (SSSR count). The average molecular weight is 491 g/mol. The molecule has 0 bridgehead atoms. The summed E-state index contributed by atoms with van der Waals surface area (Å²) in [6.45, 7) is 14.6. The highest BCUT2D eigenvalue weighted by atomic mass is 16.5. The Hall–Kier alpha value is -1.62. The summed E-state index contributed by atoms with van der Waals surface area (Å²) in [5.74, 6) is 2.38. The number of aliphatic hydroxyl groups is 1. The lowest BCUT2D eigenvalue weighted by Crippen LogP contribution is -2.30. The van der Waals surface area contributed by atoms with E-state index >= 15 is 0 Å². The molecule has 0 aromatic carbocycles. The maximum atomic E-state index is 12.3. The van der Waals surface area contributed by atoms with Crippen LogP contribution in [0.2, 0.25) is 0 Å². The van der Waals surface area contributed by atoms with Gasteiger partial charge >= 0.3 is 11.9 Å². The first-order chi connectivity index (χ1) is 16.5. The Bertz CT molecular complexity index is 703. The van der Waals surface area contributed by atoms with Crippen LogP contribution >= 0.6 is 0 Å². The highest BCUT2D eigenvalue weighted by Crippen LogP contribution is 2.43. The number of ether oxygens (including phenoxy) is 2. The van der Waals surface area contributed by atoms with Crippen LogP contribution in [0.1, 0.15) is 105 Å². The predicted molar refractivity (Wildman–Crippen MR) is 141 cm³/mol. The van der Waals surface area contributed by atoms with Crippen molar-refractivity contribution in [3.63, 3.8) is 0 Å². The molecule has 2 fully saturated rings. The maximum absolute atomic E-state index is 12.3. The third kappa shape index (κ3) is 10.1. The molecule has 0 aromatic heterocycles. The van der Waals surface area contributed by atoms with E-state index in [1.165, 1.54) is 78.1 Å². The first kappa shape index (κ1) is 29.6. The zero-order valence-corrected chi connectivity index (χ0v) is 22.8. The van der Waals surface area contributed by atoms with E-state index < -0.39 is 17.5 Å². The fourth-order valence-electron chi connectivity index (χ4n) is 5.84. The van der Waals surface area contributed by atoms with E-state index in [2.05, 4.69) is 20.1 Å². The van der Waals surface area contributed by atoms with Crippen molar-refractivity contribution in [3.8, 4) is 0 Å². The lowest BCUT2D eigenvalue weighted by atomic mass is 9.68. The molecule has 2 saturated carbocycles. The molecule has 5 heteroatoms. The molecule has 0 aromatic rings. The smallest absolute Gasteiger partial charge is 0.336 e. The largest absolute Gasteiger partial charge is 0.462 e. The van der Waals surface area contributed by atoms with Crippen molar-refractivity contribution in [3.05, 3.63) is 24.3 Å². The Kier molecular flexibility index (Phi) is 12.0. The van der Waals surface area contributed by atoms with E-state index in [9.17, 15) is 14.7 Å². The van der Waals surface area contributed by atoms with Crippen molar-refractivity contribution in [2.24, 2.45) is 29.6 Å². The first-order valence-corrected chi connectivity index (χ1v) is 13.9. The predicted octanol–water partition coefficient (Wildman–Crippen LogP) is 6.79. The van der Waals surface area contributed by atoms with Crippen molar-refractivity contribution in [2.75, 3.05) is 13.2 Å². The Morgan fingerprint density at radius 2 is 1.31 bits per heavy atom. The number of carbonyl (C=O) groups excluding carboxylic acids is 2. The Balaban J connectivity index is 1.79. The molecule has 2 aliphatic carbocycles. The summed E-state index contributed by atoms with van der Waals surface area (Å²) in [7, 11) is 0. The van der Waals surface area contributed by atoms with Crippen molar-refractivity contribution in [2.45, 2.75) is 110 Å². The van der Waals surface area contributed by atoms with Gasteiger partial charge in [0.2, 0.25) is 0 Å². The van der Waals surface area contributed by atoms with Crippen LogP contribution in [-0.2, 0) is 19.1 Å². The van der Waals surface area contributed by atoms with Gasteiger partial charge in [-0.05, 0) is 83.0 Å². The number of hydrogen-bond donors (Lipinski definition) is 1. The van der Waals surface area contributed by atoms with Crippen molar-refractivity contribution in [1.29, 1.82) is 0 Å². The molecule has 0 spiro atoms. The summed E-state index contributed by atoms with van der Waals surface area (Å²) < 4.78 is 10.8. The normalized spacial score (nSPS) is 26.0. The molecule has 0 heterocycles. The molecule has 5 nitrogen and oxygen atoms in total. The SMILES string of the molecule is C=C(C)C(=O)OCC(CCC1CCC(C2CCC(CCC)CC2)CC1)COC(=O)C(=C)C(C)(C)O. The van der Waals surface area contributed by atoms with Crippen LogP contribution < -0.4 is 0 Å². The Morgan fingerprint density at radius 3 is 1.74 bits per heavy atom. The van der Waals surface area contributed by atoms with Crippen LogP contribution in [0.15, 0.2) is 24.3 Å². The van der Waals surface area contributed by atoms with E-state index in [0.29, 0.717) is 11.5 Å². The third-order valence-corrected chi connectivity index (χ3v) is 8.36. The van der Waals surface area contributed by atoms with Gasteiger partial charge in [-0.1, -0.05) is 58.6 Å². The van der Waals surface area contributed by atoms with E-state index in [4.69, 9.17) is 9.47 Å². The molecule has 200 valence electrons. The zero-order valence-electron chi connectivity index (χ0n) is 22.8. The Morgan fingerprint density at radius 1 is 0.857 bits per heavy atom. The number of carbonyl (C=O) groups is 2. The lowest BCUT2D eigenvalue weighted by Gasteiger charge is -2.38. The molecule has 0 aliphatic heterocycles. The van der Waals surface area contributed by atoms with Gasteiger partial charge in [0, 0.05) is 11.5 Å². The molecule has 2 aliphatic rings. The molecule has 1 unspecified atom stereocenters. The maximum Gasteiger partial charge on any atom is 0.336 e. The fraction of sp³-hybridized carbons (Fsp3) is 0.800. The minimum Gasteiger partial charge on any atom is -0.462 e. The molecule has 1 atom stereocenters. The number of rotatable bonds is 13. The Labute approximate surface area is 213 Å². The van der Waals surface area contributed by atoms with Gasteiger partial charge in [0.1, 0.15) is 0 Å². The summed E-state index contributed by atoms with van der Waals surface area (Å²) in [5.41, 5.74) is -0.942. The van der Waals surface area contributed by atoms with Crippen LogP contribution in [0, 0.1) is 29.6 Å². The van der Waals surface area contributed by atoms with Crippen molar-refractivity contribution >= 4 is 11.9 Å². The lowest BCUT2D eigenvalue weighted by molar-refractivity contribution is -0.145. The van der Waals surface area contributed by atoms with Crippen molar-refractivity contribution in [1.82, 2.24) is 0 Å². The number of esters is 2. The van der Waals surface area contributed by atoms with Crippen molar-refractivity contribution < 1.29 is 24.2 Å². The van der Waals surface area contributed by atoms with E-state index in [1.54, 1.807) is 6.92 Å². The molecule has 1 N–H and O–H groups in total. The highest BCUT2D eigenvalue weighted by molar-refractivity contribution is 5.89. The average Bonchev–Trinajstić information content (AvgIpc) is 2.83. The summed E-state index contributed by atoms with van der Waals surface area (Å²) in [6, 6.07) is 0. The zero-order chi connectivity index (χ0) is 26.0. The fourth-order valence-corrected chi connectivity index (χ4v) is 5.84. The second-order valence-corrected chi connectivity index (χ2v) is 11.8. The first-order valence-electron chi connectivity index (χ1n) is 13.9. The van der Waals surface area contributed by atoms with Gasteiger partial charge in [0.15, 0.2) is 0 Å². The summed E-state index contributed by atoms with van der Waals surface area (Å²) >= 11 is 0. The molecular weight excluding hydrogens is 440 g/mol. The van der Waals surface area contributed by atoms with Crippen LogP contribution in [0.25, 0.3) is 0 Å². The minimum absolute atomic E-state index is 0.0252. The molecule has 35 heavy (non-hydrogen) atoms. The summed E-state index contributed by atoms with van der Waals surface area (Å²) in [5, 5.41) is 10.0. The van der Waals surface area contributed by atoms with Gasteiger partial charge in [-0.15, -0.1) is 0 Å². The van der Waals surface area contributed by atoms with E-state index in [1.807, 2.05) is 0 Å². The summed E-state index contributed by atoms with van der Waals surface area (Å²) in [6.07, 6.45) is 15.6. The van der Waals surface area contributed by atoms with Gasteiger partial charge in [-0.3, -0.25) is 0 Å². The van der Waals surface area contributed by atoms with Gasteiger partial charge in [-0.25, -0.2) is 9.59 Å². The summed E-state index contributed by atoms with van der Waals surface area (Å²) in [4.78, 5) is 24.2. The molecular formula is C30H50O5. The van der Waals surface area contributed by atoms with E-state index in [0.717, 1.165) is 30.6 Å². The third-order valence-electron chi connectivity index (χ3n) is 8.36. The minimum atomic E-state index is -1.33.